The van der Waals surface area contributed by atoms with Crippen LogP contribution in [-0.2, 0) is 11.2 Å². The van der Waals surface area contributed by atoms with Crippen molar-refractivity contribution in [1.82, 2.24) is 10.3 Å². The third-order valence-electron chi connectivity index (χ3n) is 3.22. The Bertz CT molecular complexity index is 488. The van der Waals surface area contributed by atoms with E-state index >= 15 is 0 Å². The van der Waals surface area contributed by atoms with E-state index in [0.717, 1.165) is 23.4 Å². The Labute approximate surface area is 129 Å². The topological polar surface area (TPSA) is 91.3 Å². The van der Waals surface area contributed by atoms with Crippen LogP contribution in [0.3, 0.4) is 0 Å². The molecule has 1 aromatic rings. The molecule has 1 aromatic heterocycles. The van der Waals surface area contributed by atoms with E-state index in [-0.39, 0.29) is 18.4 Å². The predicted molar refractivity (Wildman–Crippen MR) is 83.9 cm³/mol. The number of aryl methyl sites for hydroxylation is 2. The Kier molecular flexibility index (Phi) is 7.14. The minimum Gasteiger partial charge on any atom is -0.481 e. The molecule has 0 spiro atoms. The van der Waals surface area contributed by atoms with Crippen molar-refractivity contribution in [3.63, 3.8) is 0 Å². The number of carbonyl (C=O) groups is 2. The number of amides is 2. The van der Waals surface area contributed by atoms with Gasteiger partial charge in [-0.1, -0.05) is 13.8 Å². The molecule has 0 fully saturated rings. The molecule has 0 aliphatic carbocycles. The highest BCUT2D eigenvalue weighted by molar-refractivity contribution is 7.15. The average Bonchev–Trinajstić information content (AvgIpc) is 2.76. The molecule has 3 N–H and O–H groups in total. The first-order valence-corrected chi connectivity index (χ1v) is 7.97. The Hall–Kier alpha value is -1.63. The fraction of sp³-hybridized carbons (Fsp3) is 0.643. The molecule has 7 heteroatoms. The zero-order chi connectivity index (χ0) is 15.8. The molecule has 0 bridgehead atoms. The first kappa shape index (κ1) is 17.4. The highest BCUT2D eigenvalue weighted by Crippen LogP contribution is 2.22. The molecule has 1 atom stereocenters. The number of anilines is 1. The van der Waals surface area contributed by atoms with Gasteiger partial charge >= 0.3 is 12.0 Å². The van der Waals surface area contributed by atoms with E-state index in [1.165, 1.54) is 11.3 Å². The largest absolute Gasteiger partial charge is 0.481 e. The zero-order valence-corrected chi connectivity index (χ0v) is 13.5. The number of rotatable bonds is 8. The van der Waals surface area contributed by atoms with E-state index in [4.69, 9.17) is 5.11 Å². The molecule has 0 aliphatic rings. The first-order chi connectivity index (χ1) is 9.92. The number of carboxylic acids is 1. The van der Waals surface area contributed by atoms with Crippen LogP contribution in [0.25, 0.3) is 0 Å². The van der Waals surface area contributed by atoms with Gasteiger partial charge in [0, 0.05) is 17.8 Å². The number of thiazole rings is 1. The second-order valence-corrected chi connectivity index (χ2v) is 6.29. The van der Waals surface area contributed by atoms with Gasteiger partial charge in [-0.3, -0.25) is 10.1 Å². The Morgan fingerprint density at radius 1 is 1.38 bits per heavy atom. The number of aromatic nitrogens is 1. The summed E-state index contributed by atoms with van der Waals surface area (Å²) in [6.07, 6.45) is 2.42. The van der Waals surface area contributed by atoms with E-state index in [1.54, 1.807) is 0 Å². The van der Waals surface area contributed by atoms with Crippen molar-refractivity contribution in [2.75, 3.05) is 11.9 Å². The lowest BCUT2D eigenvalue weighted by Crippen LogP contribution is -2.30. The standard InChI is InChI=1S/C14H23N3O3S/c1-4-11-10(3)21-14(16-11)17-13(20)15-8-7-9(2)5-6-12(18)19/h9H,4-8H2,1-3H3,(H,18,19)(H2,15,16,17,20). The van der Waals surface area contributed by atoms with Gasteiger partial charge < -0.3 is 10.4 Å². The van der Waals surface area contributed by atoms with Gasteiger partial charge in [-0.15, -0.1) is 11.3 Å². The molecular formula is C14H23N3O3S. The number of aliphatic carboxylic acids is 1. The van der Waals surface area contributed by atoms with Crippen LogP contribution in [0.5, 0.6) is 0 Å². The molecule has 1 unspecified atom stereocenters. The zero-order valence-electron chi connectivity index (χ0n) is 12.7. The van der Waals surface area contributed by atoms with Crippen molar-refractivity contribution in [3.05, 3.63) is 10.6 Å². The minimum absolute atomic E-state index is 0.172. The SMILES string of the molecule is CCc1nc(NC(=O)NCCC(C)CCC(=O)O)sc1C. The average molecular weight is 313 g/mol. The van der Waals surface area contributed by atoms with Crippen molar-refractivity contribution in [2.45, 2.75) is 46.5 Å². The van der Waals surface area contributed by atoms with Crippen LogP contribution in [0.1, 0.15) is 43.7 Å². The van der Waals surface area contributed by atoms with Crippen LogP contribution in [0.2, 0.25) is 0 Å². The molecule has 2 amide bonds. The number of nitrogens with one attached hydrogen (secondary N) is 2. The van der Waals surface area contributed by atoms with Crippen LogP contribution in [0.4, 0.5) is 9.93 Å². The maximum atomic E-state index is 11.7. The van der Waals surface area contributed by atoms with Crippen LogP contribution in [0, 0.1) is 12.8 Å². The van der Waals surface area contributed by atoms with Crippen molar-refractivity contribution in [1.29, 1.82) is 0 Å². The number of nitrogens with zero attached hydrogens (tertiary/aromatic N) is 1. The summed E-state index contributed by atoms with van der Waals surface area (Å²) >= 11 is 1.47. The Morgan fingerprint density at radius 2 is 2.10 bits per heavy atom. The van der Waals surface area contributed by atoms with E-state index < -0.39 is 5.97 Å². The van der Waals surface area contributed by atoms with Crippen LogP contribution in [-0.4, -0.2) is 28.6 Å². The fourth-order valence-electron chi connectivity index (χ4n) is 1.90. The lowest BCUT2D eigenvalue weighted by atomic mass is 10.0. The predicted octanol–water partition coefficient (Wildman–Crippen LogP) is 3.03. The molecule has 0 saturated carbocycles. The highest BCUT2D eigenvalue weighted by Gasteiger charge is 2.10. The number of hydrogen-bond acceptors (Lipinski definition) is 4. The van der Waals surface area contributed by atoms with Gasteiger partial charge in [0.05, 0.1) is 5.69 Å². The third-order valence-corrected chi connectivity index (χ3v) is 4.15. The monoisotopic (exact) mass is 313 g/mol. The summed E-state index contributed by atoms with van der Waals surface area (Å²) in [6.45, 7) is 6.53. The van der Waals surface area contributed by atoms with E-state index in [2.05, 4.69) is 15.6 Å². The highest BCUT2D eigenvalue weighted by atomic mass is 32.1. The molecule has 0 aliphatic heterocycles. The lowest BCUT2D eigenvalue weighted by molar-refractivity contribution is -0.137. The quantitative estimate of drug-likeness (QED) is 0.688. The molecular weight excluding hydrogens is 290 g/mol. The molecule has 0 saturated heterocycles. The maximum Gasteiger partial charge on any atom is 0.321 e. The molecule has 6 nitrogen and oxygen atoms in total. The van der Waals surface area contributed by atoms with E-state index in [1.807, 2.05) is 20.8 Å². The molecule has 0 radical (unpaired) electrons. The normalized spacial score (nSPS) is 12.0. The number of carboxylic acid groups (broad SMARTS) is 1. The fourth-order valence-corrected chi connectivity index (χ4v) is 2.79. The Balaban J connectivity index is 2.26. The van der Waals surface area contributed by atoms with Gasteiger partial charge in [-0.2, -0.15) is 0 Å². The molecule has 0 aromatic carbocycles. The maximum absolute atomic E-state index is 11.7. The van der Waals surface area contributed by atoms with Gasteiger partial charge in [0.1, 0.15) is 0 Å². The minimum atomic E-state index is -0.779. The van der Waals surface area contributed by atoms with Crippen molar-refractivity contribution < 1.29 is 14.7 Å². The van der Waals surface area contributed by atoms with Gasteiger partial charge in [0.2, 0.25) is 0 Å². The Morgan fingerprint density at radius 3 is 2.67 bits per heavy atom. The lowest BCUT2D eigenvalue weighted by Gasteiger charge is -2.10. The van der Waals surface area contributed by atoms with Crippen molar-refractivity contribution in [3.8, 4) is 0 Å². The van der Waals surface area contributed by atoms with Gasteiger partial charge in [-0.05, 0) is 32.1 Å². The summed E-state index contributed by atoms with van der Waals surface area (Å²) in [5.41, 5.74) is 1.01. The second kappa shape index (κ2) is 8.61. The van der Waals surface area contributed by atoms with Crippen molar-refractivity contribution in [2.24, 2.45) is 5.92 Å². The van der Waals surface area contributed by atoms with Crippen LogP contribution >= 0.6 is 11.3 Å². The van der Waals surface area contributed by atoms with Crippen LogP contribution in [0.15, 0.2) is 0 Å². The van der Waals surface area contributed by atoms with Crippen LogP contribution < -0.4 is 10.6 Å². The number of carbonyl (C=O) groups excluding carboxylic acids is 1. The summed E-state index contributed by atoms with van der Waals surface area (Å²) in [5, 5.41) is 14.7. The van der Waals surface area contributed by atoms with Gasteiger partial charge in [0.25, 0.3) is 0 Å². The summed E-state index contributed by atoms with van der Waals surface area (Å²) in [4.78, 5) is 27.6. The summed E-state index contributed by atoms with van der Waals surface area (Å²) in [7, 11) is 0. The summed E-state index contributed by atoms with van der Waals surface area (Å²) < 4.78 is 0. The first-order valence-electron chi connectivity index (χ1n) is 7.15. The number of urea groups is 1. The van der Waals surface area contributed by atoms with E-state index in [9.17, 15) is 9.59 Å². The summed E-state index contributed by atoms with van der Waals surface area (Å²) in [6, 6.07) is -0.267. The summed E-state index contributed by atoms with van der Waals surface area (Å²) in [5.74, 6) is -0.506. The molecule has 21 heavy (non-hydrogen) atoms. The van der Waals surface area contributed by atoms with E-state index in [0.29, 0.717) is 18.1 Å². The smallest absolute Gasteiger partial charge is 0.321 e. The third kappa shape index (κ3) is 6.57. The molecule has 1 rings (SSSR count). The van der Waals surface area contributed by atoms with Gasteiger partial charge in [0.15, 0.2) is 5.13 Å². The second-order valence-electron chi connectivity index (χ2n) is 5.08. The molecule has 118 valence electrons. The molecule has 1 heterocycles. The van der Waals surface area contributed by atoms with Crippen molar-refractivity contribution >= 4 is 28.5 Å². The number of hydrogen-bond donors (Lipinski definition) is 3. The van der Waals surface area contributed by atoms with Gasteiger partial charge in [-0.25, -0.2) is 9.78 Å².